The van der Waals surface area contributed by atoms with Crippen LogP contribution in [-0.2, 0) is 24.3 Å². The van der Waals surface area contributed by atoms with E-state index in [4.69, 9.17) is 9.26 Å². The lowest BCUT2D eigenvalue weighted by molar-refractivity contribution is -0.116. The van der Waals surface area contributed by atoms with Gasteiger partial charge in [-0.05, 0) is 31.4 Å². The summed E-state index contributed by atoms with van der Waals surface area (Å²) in [6.45, 7) is 1.67. The first-order valence-electron chi connectivity index (χ1n) is 10.1. The molecular weight excluding hydrogens is 402 g/mol. The minimum atomic E-state index is -0.597. The molecule has 0 spiro atoms. The number of fused-ring (bicyclic) bond motifs is 1. The fraction of sp³-hybridized carbons (Fsp3) is 0.381. The first-order chi connectivity index (χ1) is 15.0. The molecule has 4 rings (SSSR count). The van der Waals surface area contributed by atoms with Crippen molar-refractivity contribution in [2.24, 2.45) is 0 Å². The van der Waals surface area contributed by atoms with Gasteiger partial charge < -0.3 is 14.6 Å². The Morgan fingerprint density at radius 1 is 1.26 bits per heavy atom. The summed E-state index contributed by atoms with van der Waals surface area (Å²) >= 11 is 0. The van der Waals surface area contributed by atoms with Crippen molar-refractivity contribution in [3.63, 3.8) is 0 Å². The summed E-state index contributed by atoms with van der Waals surface area (Å²) in [6.07, 6.45) is 3.16. The fourth-order valence-electron chi connectivity index (χ4n) is 3.78. The van der Waals surface area contributed by atoms with Crippen LogP contribution >= 0.6 is 0 Å². The number of carbonyl (C=O) groups excluding carboxylic acids is 1. The summed E-state index contributed by atoms with van der Waals surface area (Å²) < 4.78 is 12.7. The van der Waals surface area contributed by atoms with Crippen molar-refractivity contribution >= 4 is 11.6 Å². The second kappa shape index (κ2) is 8.58. The minimum absolute atomic E-state index is 0.134. The molecule has 31 heavy (non-hydrogen) atoms. The van der Waals surface area contributed by atoms with E-state index in [1.54, 1.807) is 35.8 Å². The topological polar surface area (TPSA) is 121 Å². The van der Waals surface area contributed by atoms with Crippen molar-refractivity contribution < 1.29 is 14.1 Å². The van der Waals surface area contributed by atoms with E-state index in [2.05, 4.69) is 15.5 Å². The predicted octanol–water partition coefficient (Wildman–Crippen LogP) is 1.74. The van der Waals surface area contributed by atoms with Crippen LogP contribution in [0.4, 0.5) is 5.69 Å². The van der Waals surface area contributed by atoms with E-state index in [9.17, 15) is 14.4 Å². The Kier molecular flexibility index (Phi) is 5.70. The third-order valence-electron chi connectivity index (χ3n) is 5.24. The SMILES string of the molecule is COc1cccc(NC(=O)Cn2c(=O)c(-c3noc(C)n3)c3n(c2=O)CCCCC3)c1. The number of carbonyl (C=O) groups is 1. The predicted molar refractivity (Wildman–Crippen MR) is 112 cm³/mol. The lowest BCUT2D eigenvalue weighted by Gasteiger charge is -2.16. The monoisotopic (exact) mass is 425 g/mol. The number of aromatic nitrogens is 4. The van der Waals surface area contributed by atoms with Crippen molar-refractivity contribution in [3.8, 4) is 17.1 Å². The molecule has 1 amide bonds. The van der Waals surface area contributed by atoms with Gasteiger partial charge in [-0.1, -0.05) is 17.6 Å². The van der Waals surface area contributed by atoms with Gasteiger partial charge in [0.1, 0.15) is 17.9 Å². The Morgan fingerprint density at radius 2 is 2.10 bits per heavy atom. The highest BCUT2D eigenvalue weighted by Gasteiger charge is 2.25. The number of amides is 1. The first kappa shape index (κ1) is 20.6. The molecule has 3 aromatic rings. The Bertz CT molecular complexity index is 1240. The molecule has 2 aromatic heterocycles. The Morgan fingerprint density at radius 3 is 2.84 bits per heavy atom. The van der Waals surface area contributed by atoms with Crippen LogP contribution in [0.25, 0.3) is 11.4 Å². The molecule has 162 valence electrons. The highest BCUT2D eigenvalue weighted by molar-refractivity contribution is 5.90. The molecule has 1 aliphatic rings. The average Bonchev–Trinajstić information content (AvgIpc) is 3.03. The number of rotatable bonds is 5. The molecule has 0 unspecified atom stereocenters. The summed E-state index contributed by atoms with van der Waals surface area (Å²) in [4.78, 5) is 43.3. The molecule has 10 heteroatoms. The summed E-state index contributed by atoms with van der Waals surface area (Å²) in [5.74, 6) is 0.525. The number of methoxy groups -OCH3 is 1. The second-order valence-electron chi connectivity index (χ2n) is 7.37. The van der Waals surface area contributed by atoms with Crippen LogP contribution in [0.5, 0.6) is 5.75 Å². The van der Waals surface area contributed by atoms with Gasteiger partial charge in [0, 0.05) is 30.9 Å². The largest absolute Gasteiger partial charge is 0.497 e. The standard InChI is InChI=1S/C21H23N5O5/c1-13-22-19(24-31-13)18-16-9-4-3-5-10-25(16)21(29)26(20(18)28)12-17(27)23-14-7-6-8-15(11-14)30-2/h6-8,11H,3-5,9-10,12H2,1-2H3,(H,23,27). The van der Waals surface area contributed by atoms with Crippen LogP contribution in [0.2, 0.25) is 0 Å². The fourth-order valence-corrected chi connectivity index (χ4v) is 3.78. The van der Waals surface area contributed by atoms with Gasteiger partial charge in [-0.15, -0.1) is 0 Å². The minimum Gasteiger partial charge on any atom is -0.497 e. The van der Waals surface area contributed by atoms with Gasteiger partial charge in [-0.25, -0.2) is 4.79 Å². The average molecular weight is 425 g/mol. The molecule has 0 radical (unpaired) electrons. The molecule has 0 fully saturated rings. The molecule has 1 aromatic carbocycles. The summed E-state index contributed by atoms with van der Waals surface area (Å²) in [7, 11) is 1.53. The van der Waals surface area contributed by atoms with Crippen molar-refractivity contribution in [2.75, 3.05) is 12.4 Å². The molecule has 0 saturated heterocycles. The number of hydrogen-bond donors (Lipinski definition) is 1. The molecule has 0 aliphatic carbocycles. The van der Waals surface area contributed by atoms with Gasteiger partial charge in [0.25, 0.3) is 5.56 Å². The summed E-state index contributed by atoms with van der Waals surface area (Å²) in [6, 6.07) is 6.82. The van der Waals surface area contributed by atoms with E-state index in [-0.39, 0.29) is 11.4 Å². The van der Waals surface area contributed by atoms with E-state index in [0.29, 0.717) is 36.0 Å². The molecular formula is C21H23N5O5. The van der Waals surface area contributed by atoms with Crippen LogP contribution in [0.3, 0.4) is 0 Å². The first-order valence-corrected chi connectivity index (χ1v) is 10.1. The van der Waals surface area contributed by atoms with Crippen LogP contribution in [0.15, 0.2) is 38.4 Å². The molecule has 1 N–H and O–H groups in total. The quantitative estimate of drug-likeness (QED) is 0.661. The van der Waals surface area contributed by atoms with E-state index in [0.717, 1.165) is 23.8 Å². The molecule has 10 nitrogen and oxygen atoms in total. The molecule has 0 saturated carbocycles. The Balaban J connectivity index is 1.75. The van der Waals surface area contributed by atoms with Crippen LogP contribution < -0.4 is 21.3 Å². The molecule has 1 aliphatic heterocycles. The van der Waals surface area contributed by atoms with Gasteiger partial charge >= 0.3 is 5.69 Å². The van der Waals surface area contributed by atoms with Crippen LogP contribution in [-0.4, -0.2) is 32.3 Å². The van der Waals surface area contributed by atoms with Crippen LogP contribution in [0, 0.1) is 6.92 Å². The Hall–Kier alpha value is -3.69. The molecule has 0 bridgehead atoms. The Labute approximate surface area is 177 Å². The van der Waals surface area contributed by atoms with Crippen LogP contribution in [0.1, 0.15) is 30.8 Å². The number of ether oxygens (including phenoxy) is 1. The summed E-state index contributed by atoms with van der Waals surface area (Å²) in [5.41, 5.74) is 0.206. The van der Waals surface area contributed by atoms with Gasteiger partial charge in [0.2, 0.25) is 17.6 Å². The van der Waals surface area contributed by atoms with E-state index >= 15 is 0 Å². The molecule has 3 heterocycles. The maximum absolute atomic E-state index is 13.3. The third kappa shape index (κ3) is 4.14. The van der Waals surface area contributed by atoms with E-state index in [1.807, 2.05) is 0 Å². The number of anilines is 1. The number of nitrogens with zero attached hydrogens (tertiary/aromatic N) is 4. The zero-order chi connectivity index (χ0) is 22.0. The maximum Gasteiger partial charge on any atom is 0.331 e. The zero-order valence-electron chi connectivity index (χ0n) is 17.4. The van der Waals surface area contributed by atoms with Crippen molar-refractivity contribution in [1.82, 2.24) is 19.3 Å². The normalized spacial score (nSPS) is 13.4. The van der Waals surface area contributed by atoms with Gasteiger partial charge in [0.05, 0.1) is 7.11 Å². The lowest BCUT2D eigenvalue weighted by atomic mass is 10.1. The van der Waals surface area contributed by atoms with Gasteiger partial charge in [-0.2, -0.15) is 4.98 Å². The maximum atomic E-state index is 13.3. The number of nitrogens with one attached hydrogen (secondary N) is 1. The number of benzene rings is 1. The highest BCUT2D eigenvalue weighted by atomic mass is 16.5. The summed E-state index contributed by atoms with van der Waals surface area (Å²) in [5, 5.41) is 6.59. The zero-order valence-corrected chi connectivity index (χ0v) is 17.4. The lowest BCUT2D eigenvalue weighted by Crippen LogP contribution is -2.44. The third-order valence-corrected chi connectivity index (χ3v) is 5.24. The van der Waals surface area contributed by atoms with E-state index in [1.165, 1.54) is 7.11 Å². The van der Waals surface area contributed by atoms with E-state index < -0.39 is 23.7 Å². The van der Waals surface area contributed by atoms with Gasteiger partial charge in [0.15, 0.2) is 0 Å². The van der Waals surface area contributed by atoms with Crippen molar-refractivity contribution in [3.05, 3.63) is 56.7 Å². The number of aryl methyl sites for hydroxylation is 1. The van der Waals surface area contributed by atoms with Gasteiger partial charge in [-0.3, -0.25) is 18.7 Å². The van der Waals surface area contributed by atoms with Crippen molar-refractivity contribution in [2.45, 2.75) is 45.7 Å². The second-order valence-corrected chi connectivity index (χ2v) is 7.37. The van der Waals surface area contributed by atoms with Crippen molar-refractivity contribution in [1.29, 1.82) is 0 Å². The smallest absolute Gasteiger partial charge is 0.331 e. The molecule has 0 atom stereocenters. The highest BCUT2D eigenvalue weighted by Crippen LogP contribution is 2.21. The number of hydrogen-bond acceptors (Lipinski definition) is 7.